The second-order valence-electron chi connectivity index (χ2n) is 4.83. The molecule has 1 heterocycles. The van der Waals surface area contributed by atoms with Crippen molar-refractivity contribution in [2.75, 3.05) is 5.75 Å². The molecule has 88 valence electrons. The van der Waals surface area contributed by atoms with Crippen LogP contribution in [0.1, 0.15) is 26.3 Å². The number of benzene rings is 1. The average Bonchev–Trinajstić information content (AvgIpc) is 2.68. The van der Waals surface area contributed by atoms with Gasteiger partial charge in [0.1, 0.15) is 0 Å². The number of hydrogen-bond acceptors (Lipinski definition) is 2. The predicted molar refractivity (Wildman–Crippen MR) is 76.5 cm³/mol. The Kier molecular flexibility index (Phi) is 4.26. The Morgan fingerprint density at radius 2 is 2.06 bits per heavy atom. The monoisotopic (exact) mass is 252 g/mol. The zero-order valence-corrected chi connectivity index (χ0v) is 11.9. The fourth-order valence-corrected chi connectivity index (χ4v) is 4.41. The molecule has 0 aromatic heterocycles. The third-order valence-electron chi connectivity index (χ3n) is 3.20. The number of thioether (sulfide) groups is 2. The van der Waals surface area contributed by atoms with Crippen molar-refractivity contribution in [1.82, 2.24) is 0 Å². The molecule has 1 aliphatic rings. The van der Waals surface area contributed by atoms with Crippen molar-refractivity contribution >= 4 is 23.5 Å². The predicted octanol–water partition coefficient (Wildman–Crippen LogP) is 4.48. The van der Waals surface area contributed by atoms with Gasteiger partial charge in [-0.3, -0.25) is 0 Å². The van der Waals surface area contributed by atoms with Crippen LogP contribution in [0.4, 0.5) is 0 Å². The Labute approximate surface area is 108 Å². The van der Waals surface area contributed by atoms with Gasteiger partial charge in [0.25, 0.3) is 0 Å². The van der Waals surface area contributed by atoms with Crippen LogP contribution < -0.4 is 0 Å². The van der Waals surface area contributed by atoms with Crippen molar-refractivity contribution in [2.45, 2.75) is 42.6 Å². The van der Waals surface area contributed by atoms with Crippen LogP contribution in [0.15, 0.2) is 29.2 Å². The van der Waals surface area contributed by atoms with Crippen LogP contribution in [0.25, 0.3) is 0 Å². The largest absolute Gasteiger partial charge is 0.157 e. The van der Waals surface area contributed by atoms with E-state index in [-0.39, 0.29) is 0 Å². The Morgan fingerprint density at radius 1 is 1.31 bits per heavy atom. The van der Waals surface area contributed by atoms with E-state index in [0.29, 0.717) is 0 Å². The van der Waals surface area contributed by atoms with E-state index in [9.17, 15) is 0 Å². The van der Waals surface area contributed by atoms with Gasteiger partial charge in [0, 0.05) is 21.1 Å². The molecule has 2 rings (SSSR count). The molecule has 0 amide bonds. The summed E-state index contributed by atoms with van der Waals surface area (Å²) in [6, 6.07) is 8.85. The molecule has 0 saturated heterocycles. The molecule has 16 heavy (non-hydrogen) atoms. The van der Waals surface area contributed by atoms with Gasteiger partial charge in [-0.2, -0.15) is 11.8 Å². The summed E-state index contributed by atoms with van der Waals surface area (Å²) in [4.78, 5) is 1.50. The molecule has 2 unspecified atom stereocenters. The smallest absolute Gasteiger partial charge is 0.0226 e. The first-order valence-electron chi connectivity index (χ1n) is 6.03. The van der Waals surface area contributed by atoms with Crippen LogP contribution in [0.5, 0.6) is 0 Å². The Balaban J connectivity index is 1.83. The molecule has 0 saturated carbocycles. The molecular formula is C14H20S2. The highest BCUT2D eigenvalue weighted by Gasteiger charge is 2.22. The summed E-state index contributed by atoms with van der Waals surface area (Å²) in [6.45, 7) is 6.98. The molecule has 0 aliphatic carbocycles. The number of hydrogen-bond donors (Lipinski definition) is 0. The van der Waals surface area contributed by atoms with E-state index in [1.54, 1.807) is 5.56 Å². The van der Waals surface area contributed by atoms with Crippen molar-refractivity contribution in [1.29, 1.82) is 0 Å². The van der Waals surface area contributed by atoms with Gasteiger partial charge in [-0.15, -0.1) is 11.8 Å². The van der Waals surface area contributed by atoms with Gasteiger partial charge in [-0.05, 0) is 24.0 Å². The molecule has 1 aliphatic heterocycles. The Morgan fingerprint density at radius 3 is 2.75 bits per heavy atom. The lowest BCUT2D eigenvalue weighted by molar-refractivity contribution is 0.642. The first-order valence-corrected chi connectivity index (χ1v) is 7.96. The van der Waals surface area contributed by atoms with Crippen LogP contribution >= 0.6 is 23.5 Å². The molecule has 0 N–H and O–H groups in total. The van der Waals surface area contributed by atoms with Crippen LogP contribution in [-0.4, -0.2) is 16.3 Å². The minimum absolute atomic E-state index is 0.782. The first-order chi connectivity index (χ1) is 7.66. The quantitative estimate of drug-likeness (QED) is 0.775. The summed E-state index contributed by atoms with van der Waals surface area (Å²) in [6.07, 6.45) is 1.26. The van der Waals surface area contributed by atoms with Crippen molar-refractivity contribution in [3.63, 3.8) is 0 Å². The molecule has 1 aromatic rings. The summed E-state index contributed by atoms with van der Waals surface area (Å²) in [5.41, 5.74) is 1.55. The highest BCUT2D eigenvalue weighted by molar-refractivity contribution is 8.03. The van der Waals surface area contributed by atoms with Gasteiger partial charge < -0.3 is 0 Å². The lowest BCUT2D eigenvalue weighted by atomic mass is 10.1. The molecule has 0 spiro atoms. The maximum atomic E-state index is 2.35. The lowest BCUT2D eigenvalue weighted by Gasteiger charge is -2.17. The van der Waals surface area contributed by atoms with Gasteiger partial charge in [-0.25, -0.2) is 0 Å². The van der Waals surface area contributed by atoms with E-state index in [1.165, 1.54) is 17.1 Å². The second kappa shape index (κ2) is 5.50. The fraction of sp³-hybridized carbons (Fsp3) is 0.571. The minimum Gasteiger partial charge on any atom is -0.157 e. The zero-order valence-electron chi connectivity index (χ0n) is 10.3. The molecular weight excluding hydrogens is 232 g/mol. The maximum absolute atomic E-state index is 2.35. The van der Waals surface area contributed by atoms with Crippen molar-refractivity contribution in [3.8, 4) is 0 Å². The lowest BCUT2D eigenvalue weighted by Crippen LogP contribution is -2.12. The van der Waals surface area contributed by atoms with Gasteiger partial charge in [-0.1, -0.05) is 39.0 Å². The Bertz CT molecular complexity index is 321. The third kappa shape index (κ3) is 2.98. The molecule has 2 atom stereocenters. The van der Waals surface area contributed by atoms with Gasteiger partial charge in [0.15, 0.2) is 0 Å². The van der Waals surface area contributed by atoms with E-state index in [4.69, 9.17) is 0 Å². The van der Waals surface area contributed by atoms with E-state index in [1.807, 2.05) is 0 Å². The van der Waals surface area contributed by atoms with Gasteiger partial charge >= 0.3 is 0 Å². The highest BCUT2D eigenvalue weighted by Crippen LogP contribution is 2.39. The second-order valence-corrected chi connectivity index (χ2v) is 7.59. The van der Waals surface area contributed by atoms with Crippen LogP contribution in [-0.2, 0) is 6.42 Å². The fourth-order valence-electron chi connectivity index (χ4n) is 1.80. The first kappa shape index (κ1) is 12.4. The third-order valence-corrected chi connectivity index (χ3v) is 6.39. The summed E-state index contributed by atoms with van der Waals surface area (Å²) in [7, 11) is 0. The zero-order chi connectivity index (χ0) is 11.5. The SMILES string of the molecule is CC(C)C(C)SCC1Cc2ccccc2S1. The van der Waals surface area contributed by atoms with Crippen LogP contribution in [0.2, 0.25) is 0 Å². The normalized spacial score (nSPS) is 21.1. The van der Waals surface area contributed by atoms with Gasteiger partial charge in [0.05, 0.1) is 0 Å². The van der Waals surface area contributed by atoms with Crippen molar-refractivity contribution < 1.29 is 0 Å². The van der Waals surface area contributed by atoms with E-state index >= 15 is 0 Å². The molecule has 2 heteroatoms. The number of fused-ring (bicyclic) bond motifs is 1. The molecule has 0 nitrogen and oxygen atoms in total. The van der Waals surface area contributed by atoms with E-state index in [0.717, 1.165) is 16.4 Å². The summed E-state index contributed by atoms with van der Waals surface area (Å²) < 4.78 is 0. The topological polar surface area (TPSA) is 0 Å². The summed E-state index contributed by atoms with van der Waals surface area (Å²) >= 11 is 4.20. The Hall–Kier alpha value is -0.0800. The minimum atomic E-state index is 0.782. The number of rotatable bonds is 4. The highest BCUT2D eigenvalue weighted by atomic mass is 32.2. The summed E-state index contributed by atoms with van der Waals surface area (Å²) in [5.74, 6) is 2.08. The average molecular weight is 252 g/mol. The standard InChI is InChI=1S/C14H20S2/c1-10(2)11(3)15-9-13-8-12-6-4-5-7-14(12)16-13/h4-7,10-11,13H,8-9H2,1-3H3. The van der Waals surface area contributed by atoms with Crippen LogP contribution in [0, 0.1) is 5.92 Å². The van der Waals surface area contributed by atoms with E-state index < -0.39 is 0 Å². The molecule has 0 radical (unpaired) electrons. The van der Waals surface area contributed by atoms with Crippen molar-refractivity contribution in [3.05, 3.63) is 29.8 Å². The van der Waals surface area contributed by atoms with E-state index in [2.05, 4.69) is 68.6 Å². The maximum Gasteiger partial charge on any atom is 0.0226 e. The van der Waals surface area contributed by atoms with Crippen LogP contribution in [0.3, 0.4) is 0 Å². The molecule has 1 aromatic carbocycles. The summed E-state index contributed by atoms with van der Waals surface area (Å²) in [5, 5.41) is 1.58. The molecule has 0 fully saturated rings. The van der Waals surface area contributed by atoms with Crippen molar-refractivity contribution in [2.24, 2.45) is 5.92 Å². The molecule has 0 bridgehead atoms. The van der Waals surface area contributed by atoms with Gasteiger partial charge in [0.2, 0.25) is 0 Å².